The van der Waals surface area contributed by atoms with Crippen molar-refractivity contribution in [1.29, 1.82) is 0 Å². The molecule has 0 atom stereocenters. The molecule has 0 spiro atoms. The molecule has 0 aliphatic heterocycles. The van der Waals surface area contributed by atoms with E-state index in [1.165, 1.54) is 0 Å². The third-order valence-corrected chi connectivity index (χ3v) is 3.72. The molecule has 4 nitrogen and oxygen atoms in total. The lowest BCUT2D eigenvalue weighted by atomic mass is 9.90. The second-order valence-corrected chi connectivity index (χ2v) is 4.83. The van der Waals surface area contributed by atoms with E-state index in [1.807, 2.05) is 6.92 Å². The highest BCUT2D eigenvalue weighted by atomic mass is 16.3. The van der Waals surface area contributed by atoms with Crippen LogP contribution in [0.3, 0.4) is 0 Å². The Balaban J connectivity index is 2.24. The average molecular weight is 248 g/mol. The van der Waals surface area contributed by atoms with E-state index in [1.54, 1.807) is 23.1 Å². The number of nitrogens with two attached hydrogens (primary N) is 1. The monoisotopic (exact) mass is 248 g/mol. The van der Waals surface area contributed by atoms with E-state index in [0.717, 1.165) is 24.8 Å². The second-order valence-electron chi connectivity index (χ2n) is 4.83. The topological polar surface area (TPSA) is 66.6 Å². The highest BCUT2D eigenvalue weighted by Crippen LogP contribution is 2.27. The second kappa shape index (κ2) is 5.40. The number of amides is 1. The summed E-state index contributed by atoms with van der Waals surface area (Å²) in [5.41, 5.74) is 7.94. The van der Waals surface area contributed by atoms with Gasteiger partial charge in [-0.25, -0.2) is 0 Å². The molecule has 0 bridgehead atoms. The van der Waals surface area contributed by atoms with Gasteiger partial charge in [-0.15, -0.1) is 0 Å². The van der Waals surface area contributed by atoms with Gasteiger partial charge in [-0.2, -0.15) is 0 Å². The van der Waals surface area contributed by atoms with Crippen LogP contribution >= 0.6 is 0 Å². The predicted molar refractivity (Wildman–Crippen MR) is 71.4 cm³/mol. The van der Waals surface area contributed by atoms with E-state index in [-0.39, 0.29) is 18.6 Å². The van der Waals surface area contributed by atoms with Crippen LogP contribution in [-0.2, 0) is 0 Å². The van der Waals surface area contributed by atoms with Crippen LogP contribution in [0.5, 0.6) is 0 Å². The summed E-state index contributed by atoms with van der Waals surface area (Å²) in [5.74, 6) is -0.0152. The number of nitrogen functional groups attached to an aromatic ring is 1. The molecule has 0 saturated heterocycles. The number of aliphatic hydroxyl groups is 1. The summed E-state index contributed by atoms with van der Waals surface area (Å²) < 4.78 is 0. The van der Waals surface area contributed by atoms with Gasteiger partial charge in [0.1, 0.15) is 0 Å². The molecule has 4 heteroatoms. The Hall–Kier alpha value is -1.55. The highest BCUT2D eigenvalue weighted by Gasteiger charge is 2.29. The lowest BCUT2D eigenvalue weighted by Crippen LogP contribution is -2.45. The van der Waals surface area contributed by atoms with E-state index >= 15 is 0 Å². The SMILES string of the molecule is Cc1c(N)cccc1C(=O)N(CCO)C1CCC1. The molecule has 1 aliphatic rings. The van der Waals surface area contributed by atoms with E-state index in [2.05, 4.69) is 0 Å². The van der Waals surface area contributed by atoms with Crippen molar-refractivity contribution in [3.8, 4) is 0 Å². The number of hydrogen-bond acceptors (Lipinski definition) is 3. The third kappa shape index (κ3) is 2.34. The molecular formula is C14H20N2O2. The number of carbonyl (C=O) groups is 1. The fourth-order valence-corrected chi connectivity index (χ4v) is 2.30. The van der Waals surface area contributed by atoms with Crippen LogP contribution in [0, 0.1) is 6.92 Å². The lowest BCUT2D eigenvalue weighted by Gasteiger charge is -2.37. The molecule has 0 unspecified atom stereocenters. The molecule has 1 aromatic carbocycles. The normalized spacial score (nSPS) is 15.2. The summed E-state index contributed by atoms with van der Waals surface area (Å²) in [4.78, 5) is 14.3. The lowest BCUT2D eigenvalue weighted by molar-refractivity contribution is 0.0525. The minimum atomic E-state index is -0.0152. The maximum atomic E-state index is 12.5. The zero-order chi connectivity index (χ0) is 13.1. The first-order valence-electron chi connectivity index (χ1n) is 6.42. The van der Waals surface area contributed by atoms with Crippen LogP contribution < -0.4 is 5.73 Å². The number of carbonyl (C=O) groups excluding carboxylic acids is 1. The Morgan fingerprint density at radius 2 is 2.22 bits per heavy atom. The average Bonchev–Trinajstić information content (AvgIpc) is 2.29. The first kappa shape index (κ1) is 12.9. The highest BCUT2D eigenvalue weighted by molar-refractivity contribution is 5.97. The fourth-order valence-electron chi connectivity index (χ4n) is 2.30. The standard InChI is InChI=1S/C14H20N2O2/c1-10-12(6-3-7-13(10)15)14(18)16(8-9-17)11-4-2-5-11/h3,6-7,11,17H,2,4-5,8-9,15H2,1H3. The van der Waals surface area contributed by atoms with Crippen LogP contribution in [0.2, 0.25) is 0 Å². The molecule has 0 radical (unpaired) electrons. The quantitative estimate of drug-likeness (QED) is 0.795. The molecule has 0 aromatic heterocycles. The van der Waals surface area contributed by atoms with E-state index in [0.29, 0.717) is 17.8 Å². The van der Waals surface area contributed by atoms with Crippen molar-refractivity contribution in [2.75, 3.05) is 18.9 Å². The predicted octanol–water partition coefficient (Wildman–Crippen LogP) is 1.56. The van der Waals surface area contributed by atoms with Gasteiger partial charge in [0.2, 0.25) is 0 Å². The summed E-state index contributed by atoms with van der Waals surface area (Å²) in [6.07, 6.45) is 3.23. The maximum absolute atomic E-state index is 12.5. The third-order valence-electron chi connectivity index (χ3n) is 3.72. The van der Waals surface area contributed by atoms with E-state index in [4.69, 9.17) is 10.8 Å². The Labute approximate surface area is 107 Å². The Morgan fingerprint density at radius 3 is 2.78 bits per heavy atom. The summed E-state index contributed by atoms with van der Waals surface area (Å²) in [5, 5.41) is 9.11. The largest absolute Gasteiger partial charge is 0.398 e. The Kier molecular flexibility index (Phi) is 3.87. The van der Waals surface area contributed by atoms with Crippen molar-refractivity contribution in [2.45, 2.75) is 32.2 Å². The molecule has 2 rings (SSSR count). The number of rotatable bonds is 4. The van der Waals surface area contributed by atoms with Crippen molar-refractivity contribution in [3.63, 3.8) is 0 Å². The van der Waals surface area contributed by atoms with Gasteiger partial charge < -0.3 is 15.7 Å². The minimum Gasteiger partial charge on any atom is -0.398 e. The zero-order valence-electron chi connectivity index (χ0n) is 10.7. The number of hydrogen-bond donors (Lipinski definition) is 2. The van der Waals surface area contributed by atoms with Gasteiger partial charge in [0.25, 0.3) is 5.91 Å². The van der Waals surface area contributed by atoms with Gasteiger partial charge in [-0.3, -0.25) is 4.79 Å². The van der Waals surface area contributed by atoms with Crippen molar-refractivity contribution < 1.29 is 9.90 Å². The van der Waals surface area contributed by atoms with Gasteiger partial charge in [0.15, 0.2) is 0 Å². The van der Waals surface area contributed by atoms with Crippen LogP contribution in [0.4, 0.5) is 5.69 Å². The molecule has 1 amide bonds. The van der Waals surface area contributed by atoms with Crippen LogP contribution in [-0.4, -0.2) is 35.1 Å². The number of nitrogens with zero attached hydrogens (tertiary/aromatic N) is 1. The van der Waals surface area contributed by atoms with Crippen LogP contribution in [0.25, 0.3) is 0 Å². The molecule has 3 N–H and O–H groups in total. The van der Waals surface area contributed by atoms with E-state index in [9.17, 15) is 4.79 Å². The van der Waals surface area contributed by atoms with Crippen molar-refractivity contribution >= 4 is 11.6 Å². The molecule has 1 fully saturated rings. The summed E-state index contributed by atoms with van der Waals surface area (Å²) >= 11 is 0. The van der Waals surface area contributed by atoms with Gasteiger partial charge in [-0.05, 0) is 43.9 Å². The molecule has 1 aromatic rings. The molecular weight excluding hydrogens is 228 g/mol. The molecule has 1 saturated carbocycles. The Morgan fingerprint density at radius 1 is 1.50 bits per heavy atom. The summed E-state index contributed by atoms with van der Waals surface area (Å²) in [6.45, 7) is 2.27. The smallest absolute Gasteiger partial charge is 0.254 e. The Bertz CT molecular complexity index is 441. The number of anilines is 1. The summed E-state index contributed by atoms with van der Waals surface area (Å²) in [6, 6.07) is 5.68. The first-order chi connectivity index (χ1) is 8.65. The number of aliphatic hydroxyl groups excluding tert-OH is 1. The minimum absolute atomic E-state index is 0.00357. The molecule has 98 valence electrons. The zero-order valence-corrected chi connectivity index (χ0v) is 10.7. The summed E-state index contributed by atoms with van der Waals surface area (Å²) in [7, 11) is 0. The van der Waals surface area contributed by atoms with Crippen LogP contribution in [0.15, 0.2) is 18.2 Å². The van der Waals surface area contributed by atoms with Gasteiger partial charge >= 0.3 is 0 Å². The van der Waals surface area contributed by atoms with Gasteiger partial charge in [-0.1, -0.05) is 6.07 Å². The molecule has 0 heterocycles. The van der Waals surface area contributed by atoms with Gasteiger partial charge in [0.05, 0.1) is 6.61 Å². The van der Waals surface area contributed by atoms with E-state index < -0.39 is 0 Å². The first-order valence-corrected chi connectivity index (χ1v) is 6.42. The van der Waals surface area contributed by atoms with Crippen molar-refractivity contribution in [2.24, 2.45) is 0 Å². The van der Waals surface area contributed by atoms with Crippen molar-refractivity contribution in [1.82, 2.24) is 4.90 Å². The fraction of sp³-hybridized carbons (Fsp3) is 0.500. The molecule has 18 heavy (non-hydrogen) atoms. The molecule has 1 aliphatic carbocycles. The van der Waals surface area contributed by atoms with Crippen LogP contribution in [0.1, 0.15) is 35.2 Å². The van der Waals surface area contributed by atoms with Gasteiger partial charge in [0, 0.05) is 23.8 Å². The maximum Gasteiger partial charge on any atom is 0.254 e. The number of benzene rings is 1. The van der Waals surface area contributed by atoms with Crippen molar-refractivity contribution in [3.05, 3.63) is 29.3 Å².